The summed E-state index contributed by atoms with van der Waals surface area (Å²) in [7, 11) is 3.14. The Balaban J connectivity index is 2.14. The summed E-state index contributed by atoms with van der Waals surface area (Å²) in [6.07, 6.45) is -8.15. The molecule has 0 radical (unpaired) electrons. The first kappa shape index (κ1) is 31.6. The van der Waals surface area contributed by atoms with E-state index >= 15 is 0 Å². The quantitative estimate of drug-likeness (QED) is 0.0873. The van der Waals surface area contributed by atoms with Crippen LogP contribution in [0.2, 0.25) is 0 Å². The number of fused-ring (bicyclic) bond motifs is 1. The summed E-state index contributed by atoms with van der Waals surface area (Å²) in [5, 5.41) is 18.3. The molecule has 0 bridgehead atoms. The first-order valence-electron chi connectivity index (χ1n) is 13.1. The molecule has 0 saturated heterocycles. The van der Waals surface area contributed by atoms with Crippen LogP contribution in [-0.2, 0) is 25.4 Å². The monoisotopic (exact) mass is 581 g/mol. The fourth-order valence-electron chi connectivity index (χ4n) is 4.24. The Morgan fingerprint density at radius 3 is 2.10 bits per heavy atom. The molecule has 0 amide bonds. The van der Waals surface area contributed by atoms with Gasteiger partial charge in [-0.1, -0.05) is 41.9 Å². The van der Waals surface area contributed by atoms with Gasteiger partial charge >= 0.3 is 12.4 Å². The Morgan fingerprint density at radius 1 is 0.902 bits per heavy atom. The van der Waals surface area contributed by atoms with Crippen LogP contribution in [0.15, 0.2) is 58.9 Å². The van der Waals surface area contributed by atoms with Gasteiger partial charge in [-0.2, -0.15) is 26.3 Å². The van der Waals surface area contributed by atoms with Crippen molar-refractivity contribution in [2.24, 2.45) is 10.3 Å². The number of nitrogens with zero attached hydrogens (tertiary/aromatic N) is 6. The molecule has 1 heterocycles. The first-order chi connectivity index (χ1) is 19.2. The number of rotatable bonds is 10. The molecule has 0 aliphatic heterocycles. The van der Waals surface area contributed by atoms with Crippen molar-refractivity contribution in [2.45, 2.75) is 52.1 Å². The number of unbranched alkanes of at least 4 members (excludes halogenated alkanes) is 1. The number of anilines is 1. The molecule has 0 fully saturated rings. The Morgan fingerprint density at radius 2 is 1.54 bits per heavy atom. The second kappa shape index (κ2) is 13.2. The third-order valence-electron chi connectivity index (χ3n) is 6.24. The molecule has 3 aromatic rings. The lowest BCUT2D eigenvalue weighted by Gasteiger charge is -2.28. The highest BCUT2D eigenvalue weighted by atomic mass is 19.4. The van der Waals surface area contributed by atoms with Crippen LogP contribution >= 0.6 is 0 Å². The standard InChI is InChI=1S/C28H33F6N7/c1-5-7-12-40(6-2)25-21(15-20-10-8-9-11-24(20)36-25)18-41(26(35)37-38-39(3)4)17-19-13-22(27(29,30)31)16-23(14-19)28(32,33)34/h8-11,13-16,35H,5-7,12,17-18H2,1-4H3/b35-26?,38-37-. The number of hydrogen-bond donors (Lipinski definition) is 1. The molecule has 0 spiro atoms. The van der Waals surface area contributed by atoms with E-state index in [1.54, 1.807) is 14.1 Å². The Hall–Kier alpha value is -3.90. The highest BCUT2D eigenvalue weighted by Gasteiger charge is 2.37. The summed E-state index contributed by atoms with van der Waals surface area (Å²) in [6, 6.07) is 10.7. The van der Waals surface area contributed by atoms with Crippen LogP contribution in [0.3, 0.4) is 0 Å². The van der Waals surface area contributed by atoms with Crippen LogP contribution in [0.25, 0.3) is 10.9 Å². The molecule has 222 valence electrons. The fourth-order valence-corrected chi connectivity index (χ4v) is 4.24. The van der Waals surface area contributed by atoms with Gasteiger partial charge in [-0.05, 0) is 49.2 Å². The molecule has 41 heavy (non-hydrogen) atoms. The predicted octanol–water partition coefficient (Wildman–Crippen LogP) is 7.76. The molecule has 7 nitrogen and oxygen atoms in total. The summed E-state index contributed by atoms with van der Waals surface area (Å²) in [5.41, 5.74) is -1.73. The number of benzene rings is 2. The van der Waals surface area contributed by atoms with Gasteiger partial charge in [0.25, 0.3) is 0 Å². The minimum atomic E-state index is -4.99. The summed E-state index contributed by atoms with van der Waals surface area (Å²) in [6.45, 7) is 4.85. The fraction of sp³-hybridized carbons (Fsp3) is 0.429. The highest BCUT2D eigenvalue weighted by Crippen LogP contribution is 2.37. The van der Waals surface area contributed by atoms with Crippen molar-refractivity contribution in [1.29, 1.82) is 5.41 Å². The van der Waals surface area contributed by atoms with Gasteiger partial charge < -0.3 is 9.80 Å². The van der Waals surface area contributed by atoms with Crippen LogP contribution in [0, 0.1) is 5.41 Å². The molecule has 0 aliphatic carbocycles. The average molecular weight is 582 g/mol. The first-order valence-corrected chi connectivity index (χ1v) is 13.1. The van der Waals surface area contributed by atoms with Gasteiger partial charge in [-0.25, -0.2) is 4.98 Å². The molecule has 0 saturated carbocycles. The van der Waals surface area contributed by atoms with Crippen LogP contribution in [0.5, 0.6) is 0 Å². The van der Waals surface area contributed by atoms with Crippen LogP contribution in [-0.4, -0.2) is 48.0 Å². The zero-order valence-electron chi connectivity index (χ0n) is 23.3. The topological polar surface area (TPSA) is 71.2 Å². The van der Waals surface area contributed by atoms with E-state index in [1.165, 1.54) is 9.91 Å². The number of alkyl halides is 6. The van der Waals surface area contributed by atoms with Crippen molar-refractivity contribution in [3.63, 3.8) is 0 Å². The molecule has 0 aliphatic rings. The molecule has 2 aromatic carbocycles. The molecular weight excluding hydrogens is 548 g/mol. The van der Waals surface area contributed by atoms with Gasteiger partial charge in [-0.15, -0.1) is 0 Å². The maximum Gasteiger partial charge on any atom is 0.416 e. The lowest BCUT2D eigenvalue weighted by atomic mass is 10.0. The third kappa shape index (κ3) is 8.54. The van der Waals surface area contributed by atoms with Crippen molar-refractivity contribution in [3.8, 4) is 0 Å². The van der Waals surface area contributed by atoms with Crippen molar-refractivity contribution in [1.82, 2.24) is 14.9 Å². The number of hydrogen-bond acceptors (Lipinski definition) is 4. The summed E-state index contributed by atoms with van der Waals surface area (Å²) >= 11 is 0. The van der Waals surface area contributed by atoms with E-state index in [2.05, 4.69) is 22.2 Å². The molecule has 3 rings (SSSR count). The minimum absolute atomic E-state index is 0.0569. The highest BCUT2D eigenvalue weighted by molar-refractivity contribution is 5.82. The molecule has 0 atom stereocenters. The normalized spacial score (nSPS) is 12.2. The van der Waals surface area contributed by atoms with E-state index in [4.69, 9.17) is 10.4 Å². The van der Waals surface area contributed by atoms with E-state index in [9.17, 15) is 26.3 Å². The summed E-state index contributed by atoms with van der Waals surface area (Å²) in [4.78, 5) is 8.21. The zero-order chi connectivity index (χ0) is 30.4. The average Bonchev–Trinajstić information content (AvgIpc) is 2.90. The van der Waals surface area contributed by atoms with Crippen molar-refractivity contribution < 1.29 is 26.3 Å². The maximum absolute atomic E-state index is 13.5. The molecule has 1 N–H and O–H groups in total. The van der Waals surface area contributed by atoms with E-state index in [-0.39, 0.29) is 18.2 Å². The second-order valence-electron chi connectivity index (χ2n) is 9.73. The number of para-hydroxylation sites is 1. The molecular formula is C28H33F6N7. The molecule has 13 heteroatoms. The number of pyridine rings is 1. The lowest BCUT2D eigenvalue weighted by Crippen LogP contribution is -2.31. The van der Waals surface area contributed by atoms with Gasteiger partial charge in [0, 0.05) is 51.2 Å². The minimum Gasteiger partial charge on any atom is -0.357 e. The third-order valence-corrected chi connectivity index (χ3v) is 6.24. The van der Waals surface area contributed by atoms with Crippen LogP contribution in [0.4, 0.5) is 32.2 Å². The van der Waals surface area contributed by atoms with Crippen LogP contribution in [0.1, 0.15) is 48.9 Å². The Kier molecular flexibility index (Phi) is 10.2. The van der Waals surface area contributed by atoms with Gasteiger partial charge in [0.05, 0.1) is 16.6 Å². The molecule has 0 unspecified atom stereocenters. The smallest absolute Gasteiger partial charge is 0.357 e. The number of aromatic nitrogens is 1. The van der Waals surface area contributed by atoms with Gasteiger partial charge in [0.1, 0.15) is 5.82 Å². The number of guanidine groups is 1. The van der Waals surface area contributed by atoms with E-state index in [0.717, 1.165) is 23.7 Å². The number of nitrogens with one attached hydrogen (secondary N) is 1. The molecule has 1 aromatic heterocycles. The van der Waals surface area contributed by atoms with E-state index in [0.29, 0.717) is 36.6 Å². The van der Waals surface area contributed by atoms with Crippen molar-refractivity contribution in [3.05, 3.63) is 70.8 Å². The van der Waals surface area contributed by atoms with Crippen LogP contribution < -0.4 is 4.90 Å². The SMILES string of the molecule is CCCCN(CC)c1nc2ccccc2cc1CN(Cc1cc(C(F)(F)F)cc(C(F)(F)F)c1)C(=N)/N=N\N(C)C. The lowest BCUT2D eigenvalue weighted by molar-refractivity contribution is -0.143. The summed E-state index contributed by atoms with van der Waals surface area (Å²) in [5.74, 6) is 0.197. The predicted molar refractivity (Wildman–Crippen MR) is 147 cm³/mol. The Labute approximate surface area is 235 Å². The number of halogens is 6. The Bertz CT molecular complexity index is 1340. The summed E-state index contributed by atoms with van der Waals surface area (Å²) < 4.78 is 81.3. The van der Waals surface area contributed by atoms with Crippen molar-refractivity contribution in [2.75, 3.05) is 32.1 Å². The van der Waals surface area contributed by atoms with E-state index in [1.807, 2.05) is 37.3 Å². The van der Waals surface area contributed by atoms with E-state index < -0.39 is 36.0 Å². The zero-order valence-corrected chi connectivity index (χ0v) is 23.3. The largest absolute Gasteiger partial charge is 0.416 e. The van der Waals surface area contributed by atoms with Gasteiger partial charge in [0.2, 0.25) is 5.96 Å². The van der Waals surface area contributed by atoms with Crippen molar-refractivity contribution >= 4 is 22.7 Å². The van der Waals surface area contributed by atoms with Gasteiger partial charge in [0.15, 0.2) is 0 Å². The van der Waals surface area contributed by atoms with Gasteiger partial charge in [-0.3, -0.25) is 10.4 Å². The maximum atomic E-state index is 13.5. The second-order valence-corrected chi connectivity index (χ2v) is 9.73.